The Kier molecular flexibility index (Phi) is 8.63. The molecule has 1 fully saturated rings. The number of primary amides is 1. The fraction of sp³-hybridized carbons (Fsp3) is 0.367. The Morgan fingerprint density at radius 2 is 1.90 bits per heavy atom. The zero-order valence-corrected chi connectivity index (χ0v) is 25.0. The van der Waals surface area contributed by atoms with Crippen molar-refractivity contribution in [1.29, 1.82) is 0 Å². The molecule has 2 atom stereocenters. The van der Waals surface area contributed by atoms with Crippen molar-refractivity contribution in [2.75, 3.05) is 13.1 Å². The molecule has 10 heteroatoms. The maximum Gasteiger partial charge on any atom is 0.250 e. The summed E-state index contributed by atoms with van der Waals surface area (Å²) in [5.41, 5.74) is 8.91. The van der Waals surface area contributed by atoms with E-state index in [-0.39, 0.29) is 11.7 Å². The second kappa shape index (κ2) is 12.0. The van der Waals surface area contributed by atoms with Crippen LogP contribution in [0.4, 0.5) is 0 Å². The van der Waals surface area contributed by atoms with Gasteiger partial charge in [-0.2, -0.15) is 0 Å². The van der Waals surface area contributed by atoms with Gasteiger partial charge in [-0.15, -0.1) is 0 Å². The highest BCUT2D eigenvalue weighted by atomic mass is 35.5. The lowest BCUT2D eigenvalue weighted by molar-refractivity contribution is -0.114. The van der Waals surface area contributed by atoms with Crippen LogP contribution in [0.1, 0.15) is 45.3 Å². The van der Waals surface area contributed by atoms with E-state index in [4.69, 9.17) is 50.6 Å². The minimum atomic E-state index is -0.696. The molecular formula is C30H32Cl2N4O3S. The zero-order valence-electron chi connectivity index (χ0n) is 22.6. The number of aromatic nitrogens is 2. The van der Waals surface area contributed by atoms with E-state index in [1.165, 1.54) is 0 Å². The molecule has 0 bridgehead atoms. The molecule has 7 nitrogen and oxygen atoms in total. The number of carbonyl (C=O) groups excluding carboxylic acids is 1. The summed E-state index contributed by atoms with van der Waals surface area (Å²) in [6.45, 7) is 8.34. The van der Waals surface area contributed by atoms with E-state index in [0.717, 1.165) is 42.5 Å². The molecular weight excluding hydrogens is 567 g/mol. The third-order valence-corrected chi connectivity index (χ3v) is 8.57. The average Bonchev–Trinajstić information content (AvgIpc) is 3.34. The van der Waals surface area contributed by atoms with Gasteiger partial charge in [-0.1, -0.05) is 47.6 Å². The van der Waals surface area contributed by atoms with Crippen molar-refractivity contribution >= 4 is 62.9 Å². The first-order valence-electron chi connectivity index (χ1n) is 13.4. The first-order chi connectivity index (χ1) is 19.1. The monoisotopic (exact) mass is 598 g/mol. The normalized spacial score (nSPS) is 19.6. The molecule has 1 saturated heterocycles. The third-order valence-electron chi connectivity index (χ3n) is 7.47. The van der Waals surface area contributed by atoms with Gasteiger partial charge in [0.1, 0.15) is 24.3 Å². The molecule has 1 aliphatic heterocycles. The number of hydrogen-bond donors (Lipinski definition) is 1. The first-order valence-corrected chi connectivity index (χ1v) is 14.5. The number of nitrogens with two attached hydrogens (primary N) is 1. The number of benzene rings is 2. The molecule has 0 radical (unpaired) electrons. The maximum atomic E-state index is 12.3. The smallest absolute Gasteiger partial charge is 0.250 e. The number of allylic oxidation sites excluding steroid dienone is 2. The first kappa shape index (κ1) is 28.8. The molecule has 0 saturated carbocycles. The Labute approximate surface area is 249 Å². The molecule has 2 aromatic carbocycles. The van der Waals surface area contributed by atoms with E-state index >= 15 is 0 Å². The lowest BCUT2D eigenvalue weighted by atomic mass is 9.98. The lowest BCUT2D eigenvalue weighted by Gasteiger charge is -2.34. The number of rotatable bonds is 8. The lowest BCUT2D eigenvalue weighted by Crippen LogP contribution is -2.41. The van der Waals surface area contributed by atoms with Crippen LogP contribution in [0, 0.1) is 0 Å². The second-order valence-electron chi connectivity index (χ2n) is 10.4. The van der Waals surface area contributed by atoms with Crippen molar-refractivity contribution in [2.24, 2.45) is 5.73 Å². The second-order valence-corrected chi connectivity index (χ2v) is 11.7. The van der Waals surface area contributed by atoms with Crippen molar-refractivity contribution in [3.63, 3.8) is 0 Å². The predicted octanol–water partition coefficient (Wildman–Crippen LogP) is 6.38. The average molecular weight is 600 g/mol. The maximum absolute atomic E-state index is 12.3. The molecule has 40 heavy (non-hydrogen) atoms. The number of imidazole rings is 1. The number of ether oxygens (including phenoxy) is 2. The number of likely N-dealkylation sites (tertiary alicyclic amines) is 1. The van der Waals surface area contributed by atoms with E-state index in [1.54, 1.807) is 24.5 Å². The van der Waals surface area contributed by atoms with Crippen LogP contribution in [0.2, 0.25) is 10.0 Å². The number of halogens is 2. The van der Waals surface area contributed by atoms with Crippen LogP contribution in [-0.2, 0) is 9.53 Å². The summed E-state index contributed by atoms with van der Waals surface area (Å²) in [5.74, 6) is 0.0163. The summed E-state index contributed by atoms with van der Waals surface area (Å²) in [6, 6.07) is 11.7. The van der Waals surface area contributed by atoms with Crippen LogP contribution in [0.25, 0.3) is 16.7 Å². The number of piperidine rings is 1. The summed E-state index contributed by atoms with van der Waals surface area (Å²) in [4.78, 5) is 19.6. The Morgan fingerprint density at radius 1 is 1.15 bits per heavy atom. The van der Waals surface area contributed by atoms with Gasteiger partial charge in [-0.05, 0) is 70.0 Å². The van der Waals surface area contributed by atoms with E-state index in [0.29, 0.717) is 32.4 Å². The summed E-state index contributed by atoms with van der Waals surface area (Å²) in [7, 11) is 0. The number of fused-ring (bicyclic) bond motifs is 1. The highest BCUT2D eigenvalue weighted by Crippen LogP contribution is 2.37. The van der Waals surface area contributed by atoms with E-state index in [9.17, 15) is 4.79 Å². The number of nitrogens with zero attached hydrogens (tertiary/aromatic N) is 3. The molecule has 5 rings (SSSR count). The number of carbonyl (C=O) groups is 1. The van der Waals surface area contributed by atoms with Gasteiger partial charge in [0.05, 0.1) is 32.6 Å². The van der Waals surface area contributed by atoms with E-state index in [1.807, 2.05) is 41.8 Å². The van der Waals surface area contributed by atoms with Crippen molar-refractivity contribution in [2.45, 2.75) is 58.0 Å². The van der Waals surface area contributed by atoms with Crippen LogP contribution < -0.4 is 10.5 Å². The van der Waals surface area contributed by atoms with Crippen LogP contribution in [0.15, 0.2) is 60.5 Å². The largest absolute Gasteiger partial charge is 0.489 e. The summed E-state index contributed by atoms with van der Waals surface area (Å²) in [6.07, 6.45) is 6.05. The molecule has 1 unspecified atom stereocenters. The number of hydrogen-bond acceptors (Lipinski definition) is 6. The predicted molar refractivity (Wildman–Crippen MR) is 164 cm³/mol. The van der Waals surface area contributed by atoms with Gasteiger partial charge >= 0.3 is 0 Å². The molecule has 3 aromatic rings. The Balaban J connectivity index is 1.37. The summed E-state index contributed by atoms with van der Waals surface area (Å²) in [5, 5.41) is 1.10. The summed E-state index contributed by atoms with van der Waals surface area (Å²) >= 11 is 18.6. The van der Waals surface area contributed by atoms with Crippen LogP contribution in [0.5, 0.6) is 5.75 Å². The molecule has 2 heterocycles. The highest BCUT2D eigenvalue weighted by Gasteiger charge is 2.29. The highest BCUT2D eigenvalue weighted by molar-refractivity contribution is 7.81. The van der Waals surface area contributed by atoms with Crippen LogP contribution in [-0.4, -0.2) is 56.6 Å². The van der Waals surface area contributed by atoms with Crippen molar-refractivity contribution in [3.8, 4) is 5.75 Å². The molecule has 1 aromatic heterocycles. The van der Waals surface area contributed by atoms with Gasteiger partial charge in [0.2, 0.25) is 5.91 Å². The topological polar surface area (TPSA) is 82.6 Å². The molecule has 210 valence electrons. The Bertz CT molecular complexity index is 1510. The Morgan fingerprint density at radius 3 is 2.60 bits per heavy atom. The van der Waals surface area contributed by atoms with Gasteiger partial charge in [-0.25, -0.2) is 4.98 Å². The van der Waals surface area contributed by atoms with E-state index in [2.05, 4.69) is 23.7 Å². The fourth-order valence-electron chi connectivity index (χ4n) is 5.20. The Hall–Kier alpha value is -2.75. The standard InChI is InChI=1S/C30H32Cl2N4O3S/c1-17(2)35-11-9-21(10-12-35)39-26-6-4-5-22(28(26)32)18(3)38-27-15-20(14-23(29(27)40)30(33)37)36-16-34-24-13-19(31)7-8-25(24)36/h4-8,13-18,21,27H,9-12H2,1-3H3,(H2,33,37)/t18-,27?/m1/s1. The quantitative estimate of drug-likeness (QED) is 0.303. The zero-order chi connectivity index (χ0) is 28.6. The molecule has 1 amide bonds. The molecule has 1 aliphatic carbocycles. The van der Waals surface area contributed by atoms with Crippen molar-refractivity contribution < 1.29 is 14.3 Å². The SMILES string of the molecule is CC(C)N1CCC(Oc2cccc([C@@H](C)OC3C=C(n4cnc5cc(Cl)ccc54)C=C(C(N)=O)C3=S)c2Cl)CC1. The minimum absolute atomic E-state index is 0.110. The van der Waals surface area contributed by atoms with Gasteiger partial charge < -0.3 is 20.1 Å². The fourth-order valence-corrected chi connectivity index (χ4v) is 5.98. The number of amides is 1. The van der Waals surface area contributed by atoms with Crippen LogP contribution >= 0.6 is 35.4 Å². The molecule has 2 N–H and O–H groups in total. The third kappa shape index (κ3) is 5.97. The summed E-state index contributed by atoms with van der Waals surface area (Å²) < 4.78 is 14.6. The van der Waals surface area contributed by atoms with Crippen molar-refractivity contribution in [1.82, 2.24) is 14.5 Å². The molecule has 2 aliphatic rings. The van der Waals surface area contributed by atoms with E-state index < -0.39 is 18.1 Å². The molecule has 0 spiro atoms. The van der Waals surface area contributed by atoms with Gasteiger partial charge in [0.25, 0.3) is 0 Å². The van der Waals surface area contributed by atoms with Gasteiger partial charge in [0.15, 0.2) is 0 Å². The van der Waals surface area contributed by atoms with Gasteiger partial charge in [-0.3, -0.25) is 9.36 Å². The van der Waals surface area contributed by atoms with Crippen LogP contribution in [0.3, 0.4) is 0 Å². The van der Waals surface area contributed by atoms with Crippen molar-refractivity contribution in [3.05, 3.63) is 76.1 Å². The van der Waals surface area contributed by atoms with Gasteiger partial charge in [0, 0.05) is 35.4 Å². The number of thiocarbonyl (C=S) groups is 1. The minimum Gasteiger partial charge on any atom is -0.489 e.